The smallest absolute Gasteiger partial charge is 0.233 e. The second-order valence-corrected chi connectivity index (χ2v) is 9.12. The van der Waals surface area contributed by atoms with E-state index in [1.54, 1.807) is 50.6 Å². The molecule has 2 aromatic rings. The van der Waals surface area contributed by atoms with Crippen LogP contribution >= 0.6 is 0 Å². The van der Waals surface area contributed by atoms with Crippen molar-refractivity contribution >= 4 is 41.8 Å². The molecule has 0 radical (unpaired) electrons. The Morgan fingerprint density at radius 3 is 2.47 bits per heavy atom. The summed E-state index contributed by atoms with van der Waals surface area (Å²) < 4.78 is 31.1. The predicted octanol–water partition coefficient (Wildman–Crippen LogP) is 2.54. The number of hydrogen-bond donors (Lipinski definition) is 3. The van der Waals surface area contributed by atoms with E-state index < -0.39 is 11.7 Å². The van der Waals surface area contributed by atoms with Crippen LogP contribution in [0.1, 0.15) is 33.1 Å². The van der Waals surface area contributed by atoms with Gasteiger partial charge in [-0.1, -0.05) is 6.58 Å². The maximum atomic E-state index is 15.0. The lowest BCUT2D eigenvalue weighted by Gasteiger charge is -2.23. The highest BCUT2D eigenvalue weighted by Gasteiger charge is 2.30. The number of amides is 2. The lowest BCUT2D eigenvalue weighted by molar-refractivity contribution is -0.127. The monoisotopic (exact) mass is 526 g/mol. The molecule has 9 nitrogen and oxygen atoms in total. The Kier molecular flexibility index (Phi) is 10.4. The molecule has 3 N–H and O–H groups in total. The molecule has 2 amide bonds. The Labute approximate surface area is 221 Å². The fourth-order valence-electron chi connectivity index (χ4n) is 3.96. The first-order chi connectivity index (χ1) is 18.2. The molecule has 204 valence electrons. The topological polar surface area (TPSA) is 110 Å². The van der Waals surface area contributed by atoms with Gasteiger partial charge in [-0.15, -0.1) is 0 Å². The first kappa shape index (κ1) is 28.8. The van der Waals surface area contributed by atoms with E-state index in [0.717, 1.165) is 12.8 Å². The minimum atomic E-state index is -0.534. The third-order valence-electron chi connectivity index (χ3n) is 5.91. The number of nitrogens with zero attached hydrogens (tertiary/aromatic N) is 1. The fraction of sp³-hybridized carbons (Fsp3) is 0.393. The first-order valence-electron chi connectivity index (χ1n) is 12.4. The summed E-state index contributed by atoms with van der Waals surface area (Å²) >= 11 is 0. The molecule has 0 saturated carbocycles. The minimum absolute atomic E-state index is 0.211. The summed E-state index contributed by atoms with van der Waals surface area (Å²) in [5.41, 5.74) is 0.760. The number of aliphatic imine (C=N–C) groups is 1. The zero-order valence-corrected chi connectivity index (χ0v) is 22.1. The Balaban J connectivity index is 1.63. The molecule has 0 aromatic heterocycles. The maximum Gasteiger partial charge on any atom is 0.233 e. The zero-order valence-electron chi connectivity index (χ0n) is 22.1. The molecule has 0 bridgehead atoms. The van der Waals surface area contributed by atoms with Gasteiger partial charge in [0, 0.05) is 43.9 Å². The van der Waals surface area contributed by atoms with E-state index in [1.165, 1.54) is 6.07 Å². The quantitative estimate of drug-likeness (QED) is 0.223. The molecule has 1 aliphatic rings. The molecular weight excluding hydrogens is 491 g/mol. The van der Waals surface area contributed by atoms with Crippen LogP contribution in [0.25, 0.3) is 12.4 Å². The molecule has 2 aromatic carbocycles. The number of ether oxygens (including phenoxy) is 3. The molecular formula is C28H35FN4O5. The van der Waals surface area contributed by atoms with E-state index in [0.29, 0.717) is 48.7 Å². The van der Waals surface area contributed by atoms with Crippen molar-refractivity contribution < 1.29 is 28.2 Å². The van der Waals surface area contributed by atoms with Gasteiger partial charge in [0.1, 0.15) is 30.4 Å². The highest BCUT2D eigenvalue weighted by Crippen LogP contribution is 2.24. The summed E-state index contributed by atoms with van der Waals surface area (Å²) in [4.78, 5) is 28.7. The summed E-state index contributed by atoms with van der Waals surface area (Å²) in [5.74, 6) is -0.709. The predicted molar refractivity (Wildman–Crippen MR) is 146 cm³/mol. The largest absolute Gasteiger partial charge is 0.491 e. The molecule has 0 spiro atoms. The SMILES string of the molecule is C=c1cc(OCCOC)cc(F)/c1=C(/N=C\C)Nc1ccc(NC(=O)CC(=O)NCC2(C)CCCO2)cc1. The fourth-order valence-corrected chi connectivity index (χ4v) is 3.96. The number of rotatable bonds is 12. The van der Waals surface area contributed by atoms with Crippen LogP contribution in [0.2, 0.25) is 0 Å². The Morgan fingerprint density at radius 1 is 1.16 bits per heavy atom. The van der Waals surface area contributed by atoms with Gasteiger partial charge in [-0.05, 0) is 62.2 Å². The van der Waals surface area contributed by atoms with Crippen molar-refractivity contribution in [2.24, 2.45) is 4.99 Å². The van der Waals surface area contributed by atoms with Gasteiger partial charge < -0.3 is 30.2 Å². The van der Waals surface area contributed by atoms with Gasteiger partial charge in [0.25, 0.3) is 0 Å². The van der Waals surface area contributed by atoms with E-state index in [4.69, 9.17) is 14.2 Å². The minimum Gasteiger partial charge on any atom is -0.491 e. The van der Waals surface area contributed by atoms with Gasteiger partial charge in [0.2, 0.25) is 11.8 Å². The molecule has 3 rings (SSSR count). The number of carbonyl (C=O) groups excluding carboxylic acids is 2. The summed E-state index contributed by atoms with van der Waals surface area (Å²) in [6.45, 7) is 9.35. The molecule has 1 fully saturated rings. The Hall–Kier alpha value is -3.76. The summed E-state index contributed by atoms with van der Waals surface area (Å²) in [6, 6.07) is 9.68. The summed E-state index contributed by atoms with van der Waals surface area (Å²) in [7, 11) is 1.56. The molecule has 1 heterocycles. The van der Waals surface area contributed by atoms with Crippen molar-refractivity contribution in [1.82, 2.24) is 5.32 Å². The van der Waals surface area contributed by atoms with Crippen LogP contribution in [0.3, 0.4) is 0 Å². The molecule has 0 aliphatic carbocycles. The van der Waals surface area contributed by atoms with Crippen molar-refractivity contribution in [3.8, 4) is 5.75 Å². The van der Waals surface area contributed by atoms with Crippen LogP contribution in [0.15, 0.2) is 41.4 Å². The average Bonchev–Trinajstić information content (AvgIpc) is 3.30. The Bertz CT molecular complexity index is 1260. The molecule has 1 unspecified atom stereocenters. The van der Waals surface area contributed by atoms with E-state index in [2.05, 4.69) is 27.5 Å². The molecule has 10 heteroatoms. The zero-order chi connectivity index (χ0) is 27.5. The first-order valence-corrected chi connectivity index (χ1v) is 12.4. The van der Waals surface area contributed by atoms with Crippen LogP contribution in [-0.4, -0.2) is 57.1 Å². The second-order valence-electron chi connectivity index (χ2n) is 9.12. The third-order valence-corrected chi connectivity index (χ3v) is 5.91. The van der Waals surface area contributed by atoms with E-state index >= 15 is 0 Å². The normalized spacial score (nSPS) is 17.8. The molecule has 1 atom stereocenters. The van der Waals surface area contributed by atoms with Gasteiger partial charge in [-0.3, -0.25) is 9.59 Å². The van der Waals surface area contributed by atoms with Gasteiger partial charge in [-0.25, -0.2) is 9.38 Å². The van der Waals surface area contributed by atoms with Crippen molar-refractivity contribution in [2.75, 3.05) is 44.1 Å². The van der Waals surface area contributed by atoms with Crippen LogP contribution < -0.4 is 31.1 Å². The van der Waals surface area contributed by atoms with E-state index in [9.17, 15) is 14.0 Å². The molecule has 1 aliphatic heterocycles. The Morgan fingerprint density at radius 2 is 1.87 bits per heavy atom. The number of nitrogens with one attached hydrogen (secondary N) is 3. The summed E-state index contributed by atoms with van der Waals surface area (Å²) in [5, 5.41) is 9.18. The van der Waals surface area contributed by atoms with Crippen molar-refractivity contribution in [1.29, 1.82) is 0 Å². The molecule has 1 saturated heterocycles. The highest BCUT2D eigenvalue weighted by molar-refractivity contribution is 6.03. The lowest BCUT2D eigenvalue weighted by atomic mass is 10.0. The van der Waals surface area contributed by atoms with Crippen LogP contribution in [0.4, 0.5) is 15.8 Å². The number of carbonyl (C=O) groups is 2. The van der Waals surface area contributed by atoms with Crippen molar-refractivity contribution in [3.63, 3.8) is 0 Å². The standard InChI is InChI=1S/C28H35FN4O5/c1-5-30-27(26-19(2)15-22(16-23(26)29)37-14-13-36-4)33-21-9-7-20(8-10-21)32-25(35)17-24(34)31-18-28(3)11-6-12-38-28/h5,7-10,15-16,33H,2,6,11-14,17-18H2,1,3-4H3,(H,31,34)(H,32,35)/b27-26-,30-5-. The summed E-state index contributed by atoms with van der Waals surface area (Å²) in [6.07, 6.45) is 3.09. The third kappa shape index (κ3) is 8.39. The van der Waals surface area contributed by atoms with Crippen molar-refractivity contribution in [3.05, 3.63) is 52.7 Å². The number of hydrogen-bond acceptors (Lipinski definition) is 7. The second kappa shape index (κ2) is 13.7. The van der Waals surface area contributed by atoms with Crippen LogP contribution in [-0.2, 0) is 19.1 Å². The van der Waals surface area contributed by atoms with Gasteiger partial charge in [-0.2, -0.15) is 0 Å². The number of methoxy groups -OCH3 is 1. The number of anilines is 2. The van der Waals surface area contributed by atoms with Gasteiger partial charge >= 0.3 is 0 Å². The lowest BCUT2D eigenvalue weighted by Crippen LogP contribution is -2.41. The van der Waals surface area contributed by atoms with Gasteiger partial charge in [0.15, 0.2) is 0 Å². The van der Waals surface area contributed by atoms with Crippen LogP contribution in [0.5, 0.6) is 5.75 Å². The van der Waals surface area contributed by atoms with E-state index in [-0.39, 0.29) is 29.0 Å². The maximum absolute atomic E-state index is 15.0. The number of benzene rings is 2. The number of halogens is 1. The average molecular weight is 527 g/mol. The van der Waals surface area contributed by atoms with Crippen molar-refractivity contribution in [2.45, 2.75) is 38.7 Å². The van der Waals surface area contributed by atoms with Gasteiger partial charge in [0.05, 0.1) is 17.4 Å². The van der Waals surface area contributed by atoms with Crippen LogP contribution in [0, 0.1) is 5.82 Å². The van der Waals surface area contributed by atoms with E-state index in [1.807, 2.05) is 6.92 Å². The molecule has 38 heavy (non-hydrogen) atoms. The highest BCUT2D eigenvalue weighted by atomic mass is 19.1.